The standard InChI is InChI=1S/C7H4ClF3N2O6S/c1-18-4-2-3(19-7(9,10)11)5(13(14)15)12-6(4)20(8,16)17/h2H,1H3. The van der Waals surface area contributed by atoms with Crippen LogP contribution in [-0.2, 0) is 9.05 Å². The van der Waals surface area contributed by atoms with Crippen LogP contribution in [0, 0.1) is 10.1 Å². The van der Waals surface area contributed by atoms with Gasteiger partial charge in [-0.3, -0.25) is 0 Å². The molecule has 1 heterocycles. The summed E-state index contributed by atoms with van der Waals surface area (Å²) in [7, 11) is 1.29. The molecule has 1 aromatic rings. The Morgan fingerprint density at radius 1 is 1.40 bits per heavy atom. The molecule has 0 radical (unpaired) electrons. The van der Waals surface area contributed by atoms with Gasteiger partial charge in [-0.05, 0) is 9.91 Å². The Morgan fingerprint density at radius 3 is 2.30 bits per heavy atom. The van der Waals surface area contributed by atoms with Crippen LogP contribution in [0.1, 0.15) is 0 Å². The molecule has 0 aliphatic carbocycles. The third kappa shape index (κ3) is 3.84. The first-order chi connectivity index (χ1) is 8.95. The van der Waals surface area contributed by atoms with E-state index in [1.807, 2.05) is 0 Å². The van der Waals surface area contributed by atoms with Gasteiger partial charge in [0.1, 0.15) is 0 Å². The quantitative estimate of drug-likeness (QED) is 0.468. The smallest absolute Gasteiger partial charge is 0.491 e. The molecule has 0 unspecified atom stereocenters. The molecule has 1 rings (SSSR count). The van der Waals surface area contributed by atoms with Crippen molar-refractivity contribution in [1.82, 2.24) is 4.98 Å². The molecule has 0 aromatic carbocycles. The van der Waals surface area contributed by atoms with Crippen LogP contribution >= 0.6 is 10.7 Å². The highest BCUT2D eigenvalue weighted by Gasteiger charge is 2.38. The highest BCUT2D eigenvalue weighted by Crippen LogP contribution is 2.37. The molecule has 0 saturated heterocycles. The molecular formula is C7H4ClF3N2O6S. The van der Waals surface area contributed by atoms with Crippen molar-refractivity contribution >= 4 is 25.6 Å². The maximum absolute atomic E-state index is 12.1. The van der Waals surface area contributed by atoms with Crippen LogP contribution in [0.15, 0.2) is 11.1 Å². The first kappa shape index (κ1) is 16.2. The van der Waals surface area contributed by atoms with E-state index in [-0.39, 0.29) is 0 Å². The van der Waals surface area contributed by atoms with Crippen molar-refractivity contribution in [3.8, 4) is 11.5 Å². The van der Waals surface area contributed by atoms with E-state index in [0.717, 1.165) is 7.11 Å². The monoisotopic (exact) mass is 336 g/mol. The lowest BCUT2D eigenvalue weighted by Gasteiger charge is -2.10. The van der Waals surface area contributed by atoms with Crippen molar-refractivity contribution < 1.29 is 36.0 Å². The van der Waals surface area contributed by atoms with Crippen LogP contribution in [0.5, 0.6) is 11.5 Å². The summed E-state index contributed by atoms with van der Waals surface area (Å²) < 4.78 is 66.4. The fraction of sp³-hybridized carbons (Fsp3) is 0.286. The molecule has 0 spiro atoms. The van der Waals surface area contributed by atoms with Crippen LogP contribution < -0.4 is 9.47 Å². The summed E-state index contributed by atoms with van der Waals surface area (Å²) in [6.07, 6.45) is -5.24. The second-order valence-electron chi connectivity index (χ2n) is 3.06. The number of halogens is 4. The van der Waals surface area contributed by atoms with Gasteiger partial charge in [0.2, 0.25) is 5.75 Å². The number of hydrogen-bond acceptors (Lipinski definition) is 7. The van der Waals surface area contributed by atoms with Crippen LogP contribution in [0.3, 0.4) is 0 Å². The van der Waals surface area contributed by atoms with Gasteiger partial charge in [0, 0.05) is 16.7 Å². The van der Waals surface area contributed by atoms with Crippen molar-refractivity contribution in [2.45, 2.75) is 11.4 Å². The van der Waals surface area contributed by atoms with Gasteiger partial charge < -0.3 is 19.6 Å². The lowest BCUT2D eigenvalue weighted by Crippen LogP contribution is -2.19. The van der Waals surface area contributed by atoms with Gasteiger partial charge in [-0.2, -0.15) is 0 Å². The summed E-state index contributed by atoms with van der Waals surface area (Å²) in [6, 6.07) is 0.355. The summed E-state index contributed by atoms with van der Waals surface area (Å²) in [5.74, 6) is -3.53. The summed E-state index contributed by atoms with van der Waals surface area (Å²) in [4.78, 5) is 12.2. The Bertz CT molecular complexity index is 647. The minimum absolute atomic E-state index is 0.355. The Labute approximate surface area is 113 Å². The summed E-state index contributed by atoms with van der Waals surface area (Å²) >= 11 is 0. The number of rotatable bonds is 4. The molecule has 13 heteroatoms. The number of nitro groups is 1. The van der Waals surface area contributed by atoms with Gasteiger partial charge >= 0.3 is 26.3 Å². The molecule has 20 heavy (non-hydrogen) atoms. The SMILES string of the molecule is COc1cc(OC(F)(F)F)c([N+](=O)[O-])nc1S(=O)(=O)Cl. The maximum atomic E-state index is 12.1. The van der Waals surface area contributed by atoms with E-state index >= 15 is 0 Å². The van der Waals surface area contributed by atoms with Gasteiger partial charge in [0.25, 0.3) is 0 Å². The van der Waals surface area contributed by atoms with E-state index in [1.54, 1.807) is 0 Å². The number of methoxy groups -OCH3 is 1. The highest BCUT2D eigenvalue weighted by atomic mass is 35.7. The zero-order valence-electron chi connectivity index (χ0n) is 9.34. The van der Waals surface area contributed by atoms with E-state index in [2.05, 4.69) is 14.5 Å². The minimum Gasteiger partial charge on any atom is -0.491 e. The van der Waals surface area contributed by atoms with Crippen LogP contribution in [0.4, 0.5) is 19.0 Å². The summed E-state index contributed by atoms with van der Waals surface area (Å²) in [5.41, 5.74) is 0. The highest BCUT2D eigenvalue weighted by molar-refractivity contribution is 8.13. The number of alkyl halides is 3. The predicted molar refractivity (Wildman–Crippen MR) is 57.2 cm³/mol. The van der Waals surface area contributed by atoms with E-state index in [4.69, 9.17) is 10.7 Å². The average molecular weight is 337 g/mol. The van der Waals surface area contributed by atoms with E-state index in [1.165, 1.54) is 0 Å². The Morgan fingerprint density at radius 2 is 1.95 bits per heavy atom. The Kier molecular flexibility index (Phi) is 4.29. The third-order valence-corrected chi connectivity index (χ3v) is 2.94. The summed E-state index contributed by atoms with van der Waals surface area (Å²) in [6.45, 7) is 0. The molecule has 0 aliphatic rings. The maximum Gasteiger partial charge on any atom is 0.573 e. The molecule has 0 aliphatic heterocycles. The predicted octanol–water partition coefficient (Wildman–Crippen LogP) is 1.82. The lowest BCUT2D eigenvalue weighted by molar-refractivity contribution is -0.393. The molecule has 0 amide bonds. The van der Waals surface area contributed by atoms with Gasteiger partial charge in [-0.15, -0.1) is 13.2 Å². The Balaban J connectivity index is 3.58. The van der Waals surface area contributed by atoms with E-state index < -0.39 is 42.7 Å². The molecule has 0 atom stereocenters. The molecule has 0 bridgehead atoms. The molecular weight excluding hydrogens is 333 g/mol. The number of nitrogens with zero attached hydrogens (tertiary/aromatic N) is 2. The van der Waals surface area contributed by atoms with Crippen molar-refractivity contribution in [1.29, 1.82) is 0 Å². The zero-order chi connectivity index (χ0) is 15.7. The molecule has 8 nitrogen and oxygen atoms in total. The number of pyridine rings is 1. The van der Waals surface area contributed by atoms with Gasteiger partial charge in [0.15, 0.2) is 5.75 Å². The first-order valence-corrected chi connectivity index (χ1v) is 6.70. The largest absolute Gasteiger partial charge is 0.573 e. The van der Waals surface area contributed by atoms with Crippen molar-refractivity contribution in [3.05, 3.63) is 16.2 Å². The van der Waals surface area contributed by atoms with Gasteiger partial charge in [-0.25, -0.2) is 8.42 Å². The minimum atomic E-state index is -5.24. The topological polar surface area (TPSA) is 109 Å². The van der Waals surface area contributed by atoms with Crippen LogP contribution in [0.2, 0.25) is 0 Å². The van der Waals surface area contributed by atoms with Crippen molar-refractivity contribution in [2.75, 3.05) is 7.11 Å². The van der Waals surface area contributed by atoms with Crippen LogP contribution in [0.25, 0.3) is 0 Å². The normalized spacial score (nSPS) is 12.1. The molecule has 112 valence electrons. The van der Waals surface area contributed by atoms with Gasteiger partial charge in [0.05, 0.1) is 7.11 Å². The van der Waals surface area contributed by atoms with Crippen molar-refractivity contribution in [2.24, 2.45) is 0 Å². The van der Waals surface area contributed by atoms with E-state index in [9.17, 15) is 31.7 Å². The lowest BCUT2D eigenvalue weighted by atomic mass is 10.4. The Hall–Kier alpha value is -1.82. The number of ether oxygens (including phenoxy) is 2. The molecule has 0 N–H and O–H groups in total. The molecule has 0 fully saturated rings. The van der Waals surface area contributed by atoms with Crippen molar-refractivity contribution in [3.63, 3.8) is 0 Å². The third-order valence-electron chi connectivity index (χ3n) is 1.75. The first-order valence-electron chi connectivity index (χ1n) is 4.39. The molecule has 0 saturated carbocycles. The molecule has 1 aromatic heterocycles. The van der Waals surface area contributed by atoms with E-state index in [0.29, 0.717) is 6.07 Å². The fourth-order valence-electron chi connectivity index (χ4n) is 1.10. The van der Waals surface area contributed by atoms with Crippen LogP contribution in [-0.4, -0.2) is 31.8 Å². The number of hydrogen-bond donors (Lipinski definition) is 0. The second-order valence-corrected chi connectivity index (χ2v) is 5.54. The summed E-state index contributed by atoms with van der Waals surface area (Å²) in [5, 5.41) is 9.51. The van der Waals surface area contributed by atoms with Gasteiger partial charge in [-0.1, -0.05) is 0 Å². The fourth-order valence-corrected chi connectivity index (χ4v) is 2.01. The second kappa shape index (κ2) is 5.28. The zero-order valence-corrected chi connectivity index (χ0v) is 10.9. The number of aromatic nitrogens is 1. The average Bonchev–Trinajstić information content (AvgIpc) is 2.24.